The molecule has 7 rings (SSSR count). The molecule has 3 aliphatic rings. The topological polar surface area (TPSA) is 112 Å². The fourth-order valence-corrected chi connectivity index (χ4v) is 6.25. The molecule has 3 fully saturated rings. The van der Waals surface area contributed by atoms with Gasteiger partial charge in [-0.1, -0.05) is 18.1 Å². The number of morpholine rings is 1. The summed E-state index contributed by atoms with van der Waals surface area (Å²) in [6.45, 7) is 3.92. The SMILES string of the molecule is C#Cc1cnc(OC2C[C@@H](C(=O)OC)N(c3nc(C(F)(F)F)nc4c3oc3ccccc34)C2)c(N2CCOC3(COC3)[C@@H]2C)c1. The molecule has 234 valence electrons. The van der Waals surface area contributed by atoms with Crippen LogP contribution in [0.3, 0.4) is 0 Å². The molecule has 6 heterocycles. The van der Waals surface area contributed by atoms with Crippen molar-refractivity contribution in [1.29, 1.82) is 0 Å². The van der Waals surface area contributed by atoms with Crippen LogP contribution >= 0.6 is 0 Å². The van der Waals surface area contributed by atoms with E-state index in [0.717, 1.165) is 0 Å². The lowest BCUT2D eigenvalue weighted by atomic mass is 9.90. The number of aromatic nitrogens is 3. The minimum Gasteiger partial charge on any atom is -0.471 e. The third-order valence-electron chi connectivity index (χ3n) is 8.69. The zero-order chi connectivity index (χ0) is 31.5. The molecule has 1 spiro atoms. The fourth-order valence-electron chi connectivity index (χ4n) is 6.25. The molecular formula is C31H28F3N5O6. The van der Waals surface area contributed by atoms with Crippen LogP contribution in [0.2, 0.25) is 0 Å². The van der Waals surface area contributed by atoms with Crippen LogP contribution in [0.4, 0.5) is 24.7 Å². The largest absolute Gasteiger partial charge is 0.471 e. The van der Waals surface area contributed by atoms with Gasteiger partial charge in [-0.05, 0) is 25.1 Å². The molecule has 0 N–H and O–H groups in total. The molecule has 4 aromatic rings. The number of halogens is 3. The number of carbonyl (C=O) groups excluding carboxylic acids is 1. The van der Waals surface area contributed by atoms with Crippen molar-refractivity contribution in [3.05, 3.63) is 47.9 Å². The monoisotopic (exact) mass is 623 g/mol. The van der Waals surface area contributed by atoms with E-state index < -0.39 is 35.7 Å². The normalized spacial score (nSPS) is 22.9. The van der Waals surface area contributed by atoms with E-state index in [9.17, 15) is 18.0 Å². The molecule has 0 bridgehead atoms. The van der Waals surface area contributed by atoms with Crippen LogP contribution in [0.25, 0.3) is 22.1 Å². The van der Waals surface area contributed by atoms with Gasteiger partial charge in [0.15, 0.2) is 11.4 Å². The van der Waals surface area contributed by atoms with Gasteiger partial charge in [-0.15, -0.1) is 6.42 Å². The lowest BCUT2D eigenvalue weighted by molar-refractivity contribution is -0.228. The molecule has 14 heteroatoms. The van der Waals surface area contributed by atoms with Gasteiger partial charge in [0.25, 0.3) is 0 Å². The molecule has 3 aromatic heterocycles. The molecule has 3 atom stereocenters. The number of anilines is 2. The maximum Gasteiger partial charge on any atom is 0.451 e. The number of esters is 1. The average Bonchev–Trinajstić information content (AvgIpc) is 3.61. The predicted octanol–water partition coefficient (Wildman–Crippen LogP) is 3.96. The van der Waals surface area contributed by atoms with E-state index in [1.54, 1.807) is 30.3 Å². The molecular weight excluding hydrogens is 595 g/mol. The standard InChI is InChI=1S/C31H28F3N5O6/c1-4-18-11-21(38-9-10-43-30(17(38)2)15-42-16-30)27(35-13-18)44-19-12-22(28(40)41-3)39(14-19)26-25-24(36-29(37-26)31(32,33)34)20-7-5-6-8-23(20)45-25/h1,5-8,11,13,17,19,22H,9-10,12,14-16H2,2-3H3/t17-,19?,22-/m0/s1. The van der Waals surface area contributed by atoms with Gasteiger partial charge in [0, 0.05) is 30.1 Å². The van der Waals surface area contributed by atoms with Crippen molar-refractivity contribution >= 4 is 39.5 Å². The molecule has 45 heavy (non-hydrogen) atoms. The number of terminal acetylenes is 1. The zero-order valence-corrected chi connectivity index (χ0v) is 24.3. The summed E-state index contributed by atoms with van der Waals surface area (Å²) >= 11 is 0. The van der Waals surface area contributed by atoms with Gasteiger partial charge < -0.3 is 33.2 Å². The first kappa shape index (κ1) is 29.1. The first-order valence-electron chi connectivity index (χ1n) is 14.3. The van der Waals surface area contributed by atoms with Crippen LogP contribution in [0, 0.1) is 12.3 Å². The van der Waals surface area contributed by atoms with Gasteiger partial charge in [-0.3, -0.25) is 0 Å². The van der Waals surface area contributed by atoms with E-state index in [-0.39, 0.29) is 41.8 Å². The molecule has 1 unspecified atom stereocenters. The predicted molar refractivity (Wildman–Crippen MR) is 155 cm³/mol. The number of furan rings is 1. The number of nitrogens with zero attached hydrogens (tertiary/aromatic N) is 5. The average molecular weight is 624 g/mol. The number of ether oxygens (including phenoxy) is 4. The molecule has 0 saturated carbocycles. The summed E-state index contributed by atoms with van der Waals surface area (Å²) in [5.74, 6) is 0.669. The van der Waals surface area contributed by atoms with Crippen LogP contribution in [0.1, 0.15) is 24.7 Å². The Bertz CT molecular complexity index is 1830. The fraction of sp³-hybridized carbons (Fsp3) is 0.419. The van der Waals surface area contributed by atoms with Crippen molar-refractivity contribution in [3.8, 4) is 18.2 Å². The number of hydrogen-bond acceptors (Lipinski definition) is 11. The van der Waals surface area contributed by atoms with Crippen molar-refractivity contribution in [3.63, 3.8) is 0 Å². The van der Waals surface area contributed by atoms with E-state index in [4.69, 9.17) is 29.8 Å². The number of alkyl halides is 3. The van der Waals surface area contributed by atoms with Gasteiger partial charge in [-0.2, -0.15) is 13.2 Å². The number of para-hydroxylation sites is 1. The minimum atomic E-state index is -4.85. The number of methoxy groups -OCH3 is 1. The van der Waals surface area contributed by atoms with Gasteiger partial charge in [0.2, 0.25) is 11.7 Å². The lowest BCUT2D eigenvalue weighted by Gasteiger charge is -2.53. The molecule has 1 aromatic carbocycles. The van der Waals surface area contributed by atoms with Gasteiger partial charge >= 0.3 is 12.1 Å². The van der Waals surface area contributed by atoms with Gasteiger partial charge in [-0.25, -0.2) is 19.7 Å². The quantitative estimate of drug-likeness (QED) is 0.238. The summed E-state index contributed by atoms with van der Waals surface area (Å²) in [5.41, 5.74) is 1.06. The highest BCUT2D eigenvalue weighted by atomic mass is 19.4. The summed E-state index contributed by atoms with van der Waals surface area (Å²) in [5, 5.41) is 0.389. The second-order valence-corrected chi connectivity index (χ2v) is 11.3. The highest BCUT2D eigenvalue weighted by Gasteiger charge is 2.50. The third kappa shape index (κ3) is 4.87. The Labute approximate surface area is 255 Å². The van der Waals surface area contributed by atoms with Crippen molar-refractivity contribution in [1.82, 2.24) is 15.0 Å². The van der Waals surface area contributed by atoms with E-state index >= 15 is 0 Å². The highest BCUT2D eigenvalue weighted by molar-refractivity contribution is 6.06. The van der Waals surface area contributed by atoms with E-state index in [0.29, 0.717) is 48.6 Å². The molecule has 0 amide bonds. The highest BCUT2D eigenvalue weighted by Crippen LogP contribution is 2.42. The summed E-state index contributed by atoms with van der Waals surface area (Å²) in [6, 6.07) is 7.30. The van der Waals surface area contributed by atoms with Crippen LogP contribution in [-0.2, 0) is 25.2 Å². The number of carbonyl (C=O) groups is 1. The number of benzene rings is 1. The second kappa shape index (κ2) is 10.8. The summed E-state index contributed by atoms with van der Waals surface area (Å²) in [6.07, 6.45) is 1.74. The maximum absolute atomic E-state index is 14.0. The Morgan fingerprint density at radius 3 is 2.71 bits per heavy atom. The number of fused-ring (bicyclic) bond motifs is 3. The third-order valence-corrected chi connectivity index (χ3v) is 8.69. The summed E-state index contributed by atoms with van der Waals surface area (Å²) in [7, 11) is 1.21. The van der Waals surface area contributed by atoms with Gasteiger partial charge in [0.05, 0.1) is 39.5 Å². The van der Waals surface area contributed by atoms with Crippen LogP contribution in [0.15, 0.2) is 40.9 Å². The Kier molecular flexibility index (Phi) is 6.97. The number of hydrogen-bond donors (Lipinski definition) is 0. The second-order valence-electron chi connectivity index (χ2n) is 11.3. The van der Waals surface area contributed by atoms with Crippen LogP contribution in [0.5, 0.6) is 5.88 Å². The molecule has 0 aliphatic carbocycles. The molecule has 3 saturated heterocycles. The van der Waals surface area contributed by atoms with Gasteiger partial charge in [0.1, 0.15) is 34.5 Å². The Morgan fingerprint density at radius 2 is 2.00 bits per heavy atom. The van der Waals surface area contributed by atoms with E-state index in [1.807, 2.05) is 6.92 Å². The van der Waals surface area contributed by atoms with E-state index in [1.165, 1.54) is 18.2 Å². The molecule has 11 nitrogen and oxygen atoms in total. The Balaban J connectivity index is 1.27. The smallest absolute Gasteiger partial charge is 0.451 e. The number of rotatable bonds is 5. The van der Waals surface area contributed by atoms with Crippen molar-refractivity contribution in [2.45, 2.75) is 43.3 Å². The molecule has 3 aliphatic heterocycles. The van der Waals surface area contributed by atoms with Crippen molar-refractivity contribution in [2.24, 2.45) is 0 Å². The first-order valence-corrected chi connectivity index (χ1v) is 14.3. The maximum atomic E-state index is 14.0. The lowest BCUT2D eigenvalue weighted by Crippen LogP contribution is -2.68. The molecule has 0 radical (unpaired) electrons. The van der Waals surface area contributed by atoms with Crippen molar-refractivity contribution in [2.75, 3.05) is 49.8 Å². The minimum absolute atomic E-state index is 0.0139. The first-order chi connectivity index (χ1) is 21.6. The Hall–Kier alpha value is -4.61. The zero-order valence-electron chi connectivity index (χ0n) is 24.3. The Morgan fingerprint density at radius 1 is 1.20 bits per heavy atom. The summed E-state index contributed by atoms with van der Waals surface area (Å²) in [4.78, 5) is 28.8. The van der Waals surface area contributed by atoms with Crippen LogP contribution in [-0.4, -0.2) is 84.7 Å². The summed E-state index contributed by atoms with van der Waals surface area (Å²) < 4.78 is 71.1. The number of pyridine rings is 1. The van der Waals surface area contributed by atoms with E-state index in [2.05, 4.69) is 25.8 Å². The van der Waals surface area contributed by atoms with Crippen LogP contribution < -0.4 is 14.5 Å². The van der Waals surface area contributed by atoms with Crippen molar-refractivity contribution < 1.29 is 41.3 Å².